The van der Waals surface area contributed by atoms with Gasteiger partial charge < -0.3 is 25.6 Å². The number of nitrogens with zero attached hydrogens (tertiary/aromatic N) is 1. The summed E-state index contributed by atoms with van der Waals surface area (Å²) in [5.74, 6) is 2.98. The van der Waals surface area contributed by atoms with E-state index in [0.29, 0.717) is 17.9 Å². The zero-order chi connectivity index (χ0) is 33.2. The average Bonchev–Trinajstić information content (AvgIpc) is 4.00. The summed E-state index contributed by atoms with van der Waals surface area (Å²) < 4.78 is 5.47. The first-order valence-corrected chi connectivity index (χ1v) is 18.3. The Morgan fingerprint density at radius 2 is 1.21 bits per heavy atom. The number of hydrogen-bond acceptors (Lipinski definition) is 5. The number of benzene rings is 2. The van der Waals surface area contributed by atoms with Crippen LogP contribution in [0.4, 0.5) is 4.79 Å². The van der Waals surface area contributed by atoms with Gasteiger partial charge in [0.25, 0.3) is 0 Å². The lowest BCUT2D eigenvalue weighted by atomic mass is 9.97. The number of carbonyl (C=O) groups excluding carboxylic acids is 1. The van der Waals surface area contributed by atoms with E-state index in [4.69, 9.17) is 4.74 Å². The molecule has 1 amide bonds. The Kier molecular flexibility index (Phi) is 12.8. The summed E-state index contributed by atoms with van der Waals surface area (Å²) in [6.45, 7) is 16.6. The quantitative estimate of drug-likeness (QED) is 0.248. The van der Waals surface area contributed by atoms with E-state index < -0.39 is 5.60 Å². The molecule has 2 saturated carbocycles. The van der Waals surface area contributed by atoms with Crippen molar-refractivity contribution in [2.24, 2.45) is 23.7 Å². The minimum atomic E-state index is -0.415. The van der Waals surface area contributed by atoms with Gasteiger partial charge in [0.05, 0.1) is 0 Å². The SMILES string of the molecule is C/C(=C\c1ccccc1)C1CC1NCC1CCN(C(=O)OC(C)(C)C)CC1.C/C(=C\c1ccccc1)C1CC1NCC1CCNCC1. The van der Waals surface area contributed by atoms with Crippen LogP contribution in [-0.4, -0.2) is 67.9 Å². The van der Waals surface area contributed by atoms with Crippen LogP contribution < -0.4 is 16.0 Å². The topological polar surface area (TPSA) is 65.6 Å². The molecule has 3 N–H and O–H groups in total. The van der Waals surface area contributed by atoms with Gasteiger partial charge in [0, 0.05) is 25.2 Å². The van der Waals surface area contributed by atoms with Crippen molar-refractivity contribution >= 4 is 18.2 Å². The van der Waals surface area contributed by atoms with Crippen molar-refractivity contribution in [2.45, 2.75) is 90.8 Å². The molecule has 2 aliphatic carbocycles. The molecule has 0 bridgehead atoms. The summed E-state index contributed by atoms with van der Waals surface area (Å²) in [4.78, 5) is 14.0. The summed E-state index contributed by atoms with van der Waals surface area (Å²) in [6.07, 6.45) is 11.8. The Morgan fingerprint density at radius 1 is 0.766 bits per heavy atom. The van der Waals surface area contributed by atoms with Crippen LogP contribution in [0.3, 0.4) is 0 Å². The minimum absolute atomic E-state index is 0.169. The lowest BCUT2D eigenvalue weighted by Gasteiger charge is -2.33. The number of ether oxygens (including phenoxy) is 1. The Bertz CT molecular complexity index is 1300. The van der Waals surface area contributed by atoms with Gasteiger partial charge in [-0.2, -0.15) is 0 Å². The second-order valence-electron chi connectivity index (χ2n) is 15.4. The molecular weight excluding hydrogens is 580 g/mol. The predicted molar refractivity (Wildman–Crippen MR) is 196 cm³/mol. The van der Waals surface area contributed by atoms with Crippen LogP contribution in [0.1, 0.15) is 84.3 Å². The van der Waals surface area contributed by atoms with Crippen LogP contribution in [0, 0.1) is 23.7 Å². The molecule has 2 saturated heterocycles. The molecule has 2 aliphatic heterocycles. The lowest BCUT2D eigenvalue weighted by Crippen LogP contribution is -2.43. The van der Waals surface area contributed by atoms with Gasteiger partial charge in [-0.1, -0.05) is 84.0 Å². The second-order valence-corrected chi connectivity index (χ2v) is 15.4. The number of hydrogen-bond donors (Lipinski definition) is 3. The van der Waals surface area contributed by atoms with E-state index in [1.807, 2.05) is 25.7 Å². The molecular formula is C41H60N4O2. The molecule has 2 aromatic carbocycles. The van der Waals surface area contributed by atoms with Gasteiger partial charge in [-0.25, -0.2) is 4.79 Å². The summed E-state index contributed by atoms with van der Waals surface area (Å²) in [6, 6.07) is 22.6. The molecule has 4 atom stereocenters. The fourth-order valence-corrected chi connectivity index (χ4v) is 7.05. The molecule has 256 valence electrons. The first-order chi connectivity index (χ1) is 22.6. The highest BCUT2D eigenvalue weighted by Crippen LogP contribution is 2.39. The first-order valence-electron chi connectivity index (χ1n) is 18.3. The molecule has 0 radical (unpaired) electrons. The monoisotopic (exact) mass is 640 g/mol. The maximum absolute atomic E-state index is 12.1. The number of piperidine rings is 2. The molecule has 4 aliphatic rings. The molecule has 2 heterocycles. The largest absolute Gasteiger partial charge is 0.444 e. The highest BCUT2D eigenvalue weighted by Gasteiger charge is 2.39. The summed E-state index contributed by atoms with van der Waals surface area (Å²) >= 11 is 0. The maximum Gasteiger partial charge on any atom is 0.410 e. The molecule has 4 unspecified atom stereocenters. The molecule has 0 spiro atoms. The maximum atomic E-state index is 12.1. The average molecular weight is 641 g/mol. The van der Waals surface area contributed by atoms with Crippen LogP contribution in [0.25, 0.3) is 12.2 Å². The van der Waals surface area contributed by atoms with Crippen molar-refractivity contribution in [2.75, 3.05) is 39.3 Å². The second kappa shape index (κ2) is 16.9. The number of rotatable bonds is 10. The molecule has 6 rings (SSSR count). The van der Waals surface area contributed by atoms with Crippen LogP contribution in [0.5, 0.6) is 0 Å². The molecule has 6 nitrogen and oxygen atoms in total. The van der Waals surface area contributed by atoms with E-state index in [1.165, 1.54) is 67.6 Å². The summed E-state index contributed by atoms with van der Waals surface area (Å²) in [7, 11) is 0. The molecule has 6 heteroatoms. The Hall–Kier alpha value is -2.93. The zero-order valence-corrected chi connectivity index (χ0v) is 29.6. The third kappa shape index (κ3) is 11.9. The van der Waals surface area contributed by atoms with Crippen molar-refractivity contribution in [3.63, 3.8) is 0 Å². The van der Waals surface area contributed by atoms with Crippen LogP contribution in [-0.2, 0) is 4.74 Å². The minimum Gasteiger partial charge on any atom is -0.444 e. The number of likely N-dealkylation sites (tertiary alicyclic amines) is 1. The third-order valence-corrected chi connectivity index (χ3v) is 10.2. The normalized spacial score (nSPS) is 25.5. The number of nitrogens with one attached hydrogen (secondary N) is 3. The van der Waals surface area contributed by atoms with Crippen LogP contribution >= 0.6 is 0 Å². The van der Waals surface area contributed by atoms with Crippen molar-refractivity contribution in [1.29, 1.82) is 0 Å². The Balaban J connectivity index is 0.000000193. The van der Waals surface area contributed by atoms with Crippen molar-refractivity contribution in [3.8, 4) is 0 Å². The van der Waals surface area contributed by atoms with E-state index in [0.717, 1.165) is 50.4 Å². The predicted octanol–water partition coefficient (Wildman–Crippen LogP) is 7.78. The highest BCUT2D eigenvalue weighted by molar-refractivity contribution is 5.68. The summed E-state index contributed by atoms with van der Waals surface area (Å²) in [5, 5.41) is 11.0. The van der Waals surface area contributed by atoms with Crippen LogP contribution in [0.2, 0.25) is 0 Å². The van der Waals surface area contributed by atoms with Gasteiger partial charge in [0.15, 0.2) is 0 Å². The Morgan fingerprint density at radius 3 is 1.66 bits per heavy atom. The smallest absolute Gasteiger partial charge is 0.410 e. The van der Waals surface area contributed by atoms with E-state index in [9.17, 15) is 4.79 Å². The molecule has 4 fully saturated rings. The number of amides is 1. The first kappa shape index (κ1) is 35.4. The van der Waals surface area contributed by atoms with Gasteiger partial charge in [-0.15, -0.1) is 0 Å². The van der Waals surface area contributed by atoms with Crippen molar-refractivity contribution in [3.05, 3.63) is 82.9 Å². The Labute approximate surface area is 284 Å². The van der Waals surface area contributed by atoms with Gasteiger partial charge in [-0.05, 0) is 134 Å². The van der Waals surface area contributed by atoms with Crippen molar-refractivity contribution < 1.29 is 9.53 Å². The molecule has 0 aromatic heterocycles. The van der Waals surface area contributed by atoms with E-state index in [-0.39, 0.29) is 6.09 Å². The van der Waals surface area contributed by atoms with E-state index in [1.54, 1.807) is 0 Å². The fourth-order valence-electron chi connectivity index (χ4n) is 7.05. The van der Waals surface area contributed by atoms with Gasteiger partial charge in [-0.3, -0.25) is 0 Å². The van der Waals surface area contributed by atoms with E-state index >= 15 is 0 Å². The van der Waals surface area contributed by atoms with Gasteiger partial charge >= 0.3 is 6.09 Å². The molecule has 47 heavy (non-hydrogen) atoms. The van der Waals surface area contributed by atoms with E-state index in [2.05, 4.69) is 103 Å². The zero-order valence-electron chi connectivity index (χ0n) is 29.6. The number of carbonyl (C=O) groups is 1. The van der Waals surface area contributed by atoms with Gasteiger partial charge in [0.1, 0.15) is 5.60 Å². The highest BCUT2D eigenvalue weighted by atomic mass is 16.6. The molecule has 2 aromatic rings. The standard InChI is InChI=1S/C23H34N2O2.C18H26N2/c1-17(14-18-8-6-5-7-9-18)20-15-21(20)24-16-19-10-12-25(13-11-19)22(26)27-23(2,3)4;1-14(11-15-5-3-2-4-6-15)17-12-18(17)20-13-16-7-9-19-10-8-16/h5-9,14,19-21,24H,10-13,15-16H2,1-4H3;2-6,11,16-20H,7-10,12-13H2,1H3/b17-14+;14-11+. The third-order valence-electron chi connectivity index (χ3n) is 10.2. The van der Waals surface area contributed by atoms with Crippen molar-refractivity contribution in [1.82, 2.24) is 20.9 Å². The lowest BCUT2D eigenvalue weighted by molar-refractivity contribution is 0.0184. The fraction of sp³-hybridized carbons (Fsp3) is 0.585. The van der Waals surface area contributed by atoms with Crippen LogP contribution in [0.15, 0.2) is 71.8 Å². The van der Waals surface area contributed by atoms with Gasteiger partial charge in [0.2, 0.25) is 0 Å². The summed E-state index contributed by atoms with van der Waals surface area (Å²) in [5.41, 5.74) is 5.20.